The van der Waals surface area contributed by atoms with Gasteiger partial charge in [-0.15, -0.1) is 0 Å². The number of anilines is 2. The number of carbonyl (C=O) groups is 3. The van der Waals surface area contributed by atoms with Crippen molar-refractivity contribution in [1.29, 1.82) is 0 Å². The summed E-state index contributed by atoms with van der Waals surface area (Å²) in [7, 11) is 0. The summed E-state index contributed by atoms with van der Waals surface area (Å²) < 4.78 is 0. The van der Waals surface area contributed by atoms with Crippen molar-refractivity contribution in [3.63, 3.8) is 0 Å². The molecule has 1 saturated heterocycles. The molecule has 0 bridgehead atoms. The van der Waals surface area contributed by atoms with Gasteiger partial charge in [0.05, 0.1) is 17.5 Å². The second kappa shape index (κ2) is 7.47. The van der Waals surface area contributed by atoms with Crippen LogP contribution in [0.25, 0.3) is 0 Å². The fraction of sp³-hybridized carbons (Fsp3) is 0.375. The van der Waals surface area contributed by atoms with Crippen LogP contribution in [-0.2, 0) is 9.59 Å². The van der Waals surface area contributed by atoms with Crippen LogP contribution in [0.5, 0.6) is 0 Å². The molecule has 1 aliphatic carbocycles. The third-order valence-electron chi connectivity index (χ3n) is 6.43. The number of carbonyl (C=O) groups excluding carboxylic acids is 3. The number of fused-ring (bicyclic) bond motifs is 1. The van der Waals surface area contributed by atoms with E-state index in [-0.39, 0.29) is 29.6 Å². The third-order valence-corrected chi connectivity index (χ3v) is 6.43. The van der Waals surface area contributed by atoms with E-state index in [1.807, 2.05) is 32.0 Å². The summed E-state index contributed by atoms with van der Waals surface area (Å²) in [6.07, 6.45) is 2.55. The summed E-state index contributed by atoms with van der Waals surface area (Å²) in [5, 5.41) is 2.93. The minimum atomic E-state index is -0.216. The summed E-state index contributed by atoms with van der Waals surface area (Å²) in [5.41, 5.74) is 3.95. The monoisotopic (exact) mass is 390 g/mol. The van der Waals surface area contributed by atoms with Gasteiger partial charge in [-0.2, -0.15) is 0 Å². The van der Waals surface area contributed by atoms with E-state index in [0.29, 0.717) is 17.2 Å². The van der Waals surface area contributed by atoms with Crippen molar-refractivity contribution in [2.75, 3.05) is 10.2 Å². The van der Waals surface area contributed by atoms with Crippen LogP contribution in [0.15, 0.2) is 42.5 Å². The van der Waals surface area contributed by atoms with Gasteiger partial charge >= 0.3 is 0 Å². The molecule has 0 unspecified atom stereocenters. The van der Waals surface area contributed by atoms with Crippen molar-refractivity contribution >= 4 is 29.1 Å². The highest BCUT2D eigenvalue weighted by atomic mass is 16.2. The average molecular weight is 390 g/mol. The van der Waals surface area contributed by atoms with Crippen molar-refractivity contribution in [2.45, 2.75) is 40.0 Å². The maximum absolute atomic E-state index is 12.9. The first kappa shape index (κ1) is 19.4. The number of hydrogen-bond acceptors (Lipinski definition) is 3. The molecule has 4 rings (SSSR count). The van der Waals surface area contributed by atoms with Gasteiger partial charge in [-0.3, -0.25) is 19.3 Å². The van der Waals surface area contributed by atoms with Crippen LogP contribution in [0, 0.1) is 31.6 Å². The van der Waals surface area contributed by atoms with Gasteiger partial charge in [0, 0.05) is 11.3 Å². The molecule has 0 aromatic heterocycles. The van der Waals surface area contributed by atoms with Crippen molar-refractivity contribution < 1.29 is 14.4 Å². The van der Waals surface area contributed by atoms with Gasteiger partial charge < -0.3 is 5.32 Å². The van der Waals surface area contributed by atoms with Crippen LogP contribution < -0.4 is 10.2 Å². The minimum Gasteiger partial charge on any atom is -0.322 e. The molecule has 5 heteroatoms. The molecule has 1 N–H and O–H groups in total. The van der Waals surface area contributed by atoms with Gasteiger partial charge in [0.2, 0.25) is 11.8 Å². The molecule has 5 nitrogen and oxygen atoms in total. The Balaban J connectivity index is 1.52. The highest BCUT2D eigenvalue weighted by Gasteiger charge is 2.49. The van der Waals surface area contributed by atoms with Crippen molar-refractivity contribution in [1.82, 2.24) is 0 Å². The maximum Gasteiger partial charge on any atom is 0.255 e. The zero-order valence-electron chi connectivity index (χ0n) is 17.1. The zero-order valence-corrected chi connectivity index (χ0v) is 17.1. The first-order chi connectivity index (χ1) is 13.9. The summed E-state index contributed by atoms with van der Waals surface area (Å²) in [6.45, 7) is 6.11. The van der Waals surface area contributed by atoms with Gasteiger partial charge in [0.25, 0.3) is 5.91 Å². The molecule has 0 spiro atoms. The highest BCUT2D eigenvalue weighted by molar-refractivity contribution is 6.22. The van der Waals surface area contributed by atoms with Crippen LogP contribution in [0.1, 0.15) is 47.7 Å². The van der Waals surface area contributed by atoms with Gasteiger partial charge in [0.15, 0.2) is 0 Å². The van der Waals surface area contributed by atoms with E-state index in [0.717, 1.165) is 36.1 Å². The highest BCUT2D eigenvalue weighted by Crippen LogP contribution is 2.42. The number of nitrogens with one attached hydrogen (secondary N) is 1. The van der Waals surface area contributed by atoms with Gasteiger partial charge in [-0.05, 0) is 80.5 Å². The fourth-order valence-corrected chi connectivity index (χ4v) is 4.49. The zero-order chi connectivity index (χ0) is 20.7. The van der Waals surface area contributed by atoms with Gasteiger partial charge in [-0.25, -0.2) is 0 Å². The number of hydrogen-bond donors (Lipinski definition) is 1. The summed E-state index contributed by atoms with van der Waals surface area (Å²) in [4.78, 5) is 39.6. The molecule has 2 aromatic carbocycles. The van der Waals surface area contributed by atoms with Gasteiger partial charge in [-0.1, -0.05) is 19.1 Å². The van der Waals surface area contributed by atoms with E-state index in [2.05, 4.69) is 12.2 Å². The molecule has 1 heterocycles. The lowest BCUT2D eigenvalue weighted by Crippen LogP contribution is -2.30. The van der Waals surface area contributed by atoms with Crippen LogP contribution in [0.3, 0.4) is 0 Å². The number of amides is 3. The lowest BCUT2D eigenvalue weighted by molar-refractivity contribution is -0.122. The Hall–Kier alpha value is -2.95. The quantitative estimate of drug-likeness (QED) is 0.786. The van der Waals surface area contributed by atoms with Crippen molar-refractivity contribution in [3.8, 4) is 0 Å². The molecule has 3 amide bonds. The molecule has 0 radical (unpaired) electrons. The number of rotatable bonds is 3. The normalized spacial score (nSPS) is 23.8. The van der Waals surface area contributed by atoms with E-state index < -0.39 is 0 Å². The Morgan fingerprint density at radius 2 is 1.66 bits per heavy atom. The molecule has 3 atom stereocenters. The average Bonchev–Trinajstić information content (AvgIpc) is 2.95. The van der Waals surface area contributed by atoms with Gasteiger partial charge in [0.1, 0.15) is 0 Å². The van der Waals surface area contributed by atoms with E-state index in [4.69, 9.17) is 0 Å². The number of imide groups is 1. The van der Waals surface area contributed by atoms with Crippen molar-refractivity contribution in [2.24, 2.45) is 17.8 Å². The Morgan fingerprint density at radius 3 is 2.38 bits per heavy atom. The second-order valence-corrected chi connectivity index (χ2v) is 8.39. The van der Waals surface area contributed by atoms with Crippen LogP contribution in [0.2, 0.25) is 0 Å². The maximum atomic E-state index is 12.9. The first-order valence-corrected chi connectivity index (χ1v) is 10.2. The smallest absolute Gasteiger partial charge is 0.255 e. The Kier molecular flexibility index (Phi) is 4.99. The Bertz CT molecular complexity index is 980. The largest absolute Gasteiger partial charge is 0.322 e. The second-order valence-electron chi connectivity index (χ2n) is 8.39. The minimum absolute atomic E-state index is 0.0977. The molecule has 2 aliphatic rings. The molecule has 1 saturated carbocycles. The Morgan fingerprint density at radius 1 is 0.966 bits per heavy atom. The lowest BCUT2D eigenvalue weighted by atomic mass is 9.76. The third kappa shape index (κ3) is 3.46. The lowest BCUT2D eigenvalue weighted by Gasteiger charge is -2.25. The first-order valence-electron chi connectivity index (χ1n) is 10.2. The van der Waals surface area contributed by atoms with Crippen LogP contribution in [-0.4, -0.2) is 17.7 Å². The SMILES string of the molecule is Cc1cccc(NC(=O)c2ccc(N3C(=O)[C@@H]4CC[C@@H](C)C[C@H]4C3=O)cc2)c1C. The molecule has 1 aliphatic heterocycles. The molecule has 2 fully saturated rings. The van der Waals surface area contributed by atoms with Crippen molar-refractivity contribution in [3.05, 3.63) is 59.2 Å². The summed E-state index contributed by atoms with van der Waals surface area (Å²) in [5.74, 6) is -0.320. The van der Waals surface area contributed by atoms with E-state index in [1.165, 1.54) is 4.90 Å². The molecular formula is C24H26N2O3. The predicted octanol–water partition coefficient (Wildman–Crippen LogP) is 4.48. The molecule has 2 aromatic rings. The molecular weight excluding hydrogens is 364 g/mol. The number of aryl methyl sites for hydroxylation is 1. The van der Waals surface area contributed by atoms with Crippen LogP contribution >= 0.6 is 0 Å². The summed E-state index contributed by atoms with van der Waals surface area (Å²) >= 11 is 0. The van der Waals surface area contributed by atoms with Crippen LogP contribution in [0.4, 0.5) is 11.4 Å². The van der Waals surface area contributed by atoms with E-state index in [1.54, 1.807) is 24.3 Å². The number of benzene rings is 2. The summed E-state index contributed by atoms with van der Waals surface area (Å²) in [6, 6.07) is 12.5. The topological polar surface area (TPSA) is 66.5 Å². The molecule has 150 valence electrons. The number of nitrogens with zero attached hydrogens (tertiary/aromatic N) is 1. The molecule has 29 heavy (non-hydrogen) atoms. The predicted molar refractivity (Wildman–Crippen MR) is 113 cm³/mol. The Labute approximate surface area is 171 Å². The fourth-order valence-electron chi connectivity index (χ4n) is 4.49. The standard InChI is InChI=1S/C24H26N2O3/c1-14-7-12-19-20(13-14)24(29)26(23(19)28)18-10-8-17(9-11-18)22(27)25-21-6-4-5-15(2)16(21)3/h4-6,8-11,14,19-20H,7,12-13H2,1-3H3,(H,25,27)/t14-,19-,20-/m1/s1. The van der Waals surface area contributed by atoms with E-state index in [9.17, 15) is 14.4 Å². The van der Waals surface area contributed by atoms with E-state index >= 15 is 0 Å².